The number of benzene rings is 1. The first-order chi connectivity index (χ1) is 13.5. The monoisotopic (exact) mass is 414 g/mol. The first kappa shape index (κ1) is 19.2. The van der Waals surface area contributed by atoms with E-state index in [1.807, 2.05) is 24.5 Å². The van der Waals surface area contributed by atoms with Crippen molar-refractivity contribution in [1.29, 1.82) is 0 Å². The Kier molecular flexibility index (Phi) is 5.29. The number of nitrogens with one attached hydrogen (secondary N) is 1. The second kappa shape index (κ2) is 7.72. The number of aromatic nitrogens is 2. The molecule has 146 valence electrons. The number of hydrogen-bond acceptors (Lipinski definition) is 6. The maximum atomic E-state index is 12.7. The van der Waals surface area contributed by atoms with Crippen LogP contribution in [0.1, 0.15) is 53.0 Å². The fraction of sp³-hybridized carbons (Fsp3) is 0.381. The molecular formula is C21H22N2O3S2. The van der Waals surface area contributed by atoms with Gasteiger partial charge in [-0.3, -0.25) is 4.79 Å². The van der Waals surface area contributed by atoms with Gasteiger partial charge in [0.25, 0.3) is 5.56 Å². The maximum Gasteiger partial charge on any atom is 0.339 e. The Morgan fingerprint density at radius 2 is 2.18 bits per heavy atom. The highest BCUT2D eigenvalue weighted by atomic mass is 32.2. The summed E-state index contributed by atoms with van der Waals surface area (Å²) < 4.78 is 5.61. The van der Waals surface area contributed by atoms with E-state index in [1.54, 1.807) is 24.3 Å². The van der Waals surface area contributed by atoms with Crippen molar-refractivity contribution in [1.82, 2.24) is 9.97 Å². The Bertz CT molecular complexity index is 1100. The highest BCUT2D eigenvalue weighted by Crippen LogP contribution is 2.36. The number of aryl methyl sites for hydroxylation is 1. The van der Waals surface area contributed by atoms with Gasteiger partial charge in [0.15, 0.2) is 11.9 Å². The second-order valence-corrected chi connectivity index (χ2v) is 9.16. The van der Waals surface area contributed by atoms with Gasteiger partial charge in [0, 0.05) is 9.77 Å². The number of H-pyrrole nitrogens is 1. The van der Waals surface area contributed by atoms with Crippen molar-refractivity contribution < 1.29 is 9.53 Å². The Balaban J connectivity index is 1.64. The summed E-state index contributed by atoms with van der Waals surface area (Å²) in [6.07, 6.45) is 4.31. The summed E-state index contributed by atoms with van der Waals surface area (Å²) in [4.78, 5) is 35.7. The van der Waals surface area contributed by atoms with Crippen LogP contribution in [0.2, 0.25) is 0 Å². The molecule has 0 spiro atoms. The van der Waals surface area contributed by atoms with Crippen molar-refractivity contribution in [3.63, 3.8) is 0 Å². The summed E-state index contributed by atoms with van der Waals surface area (Å²) in [5.74, 6) is 0.606. The number of thiophene rings is 1. The quantitative estimate of drug-likeness (QED) is 0.493. The minimum absolute atomic E-state index is 0.139. The average molecular weight is 415 g/mol. The van der Waals surface area contributed by atoms with Crippen molar-refractivity contribution >= 4 is 39.3 Å². The lowest BCUT2D eigenvalue weighted by Crippen LogP contribution is -2.18. The molecule has 0 saturated carbocycles. The van der Waals surface area contributed by atoms with Crippen molar-refractivity contribution in [3.05, 3.63) is 56.4 Å². The molecule has 0 amide bonds. The normalized spacial score (nSPS) is 17.3. The van der Waals surface area contributed by atoms with Gasteiger partial charge >= 0.3 is 5.97 Å². The summed E-state index contributed by atoms with van der Waals surface area (Å²) in [6.45, 7) is 3.98. The number of hydrogen-bond donors (Lipinski definition) is 1. The van der Waals surface area contributed by atoms with Crippen LogP contribution in [-0.4, -0.2) is 22.2 Å². The third-order valence-electron chi connectivity index (χ3n) is 5.18. The summed E-state index contributed by atoms with van der Waals surface area (Å²) in [7, 11) is 0. The van der Waals surface area contributed by atoms with Gasteiger partial charge in [-0.2, -0.15) is 0 Å². The molecule has 5 nitrogen and oxygen atoms in total. The lowest BCUT2D eigenvalue weighted by atomic mass is 9.89. The van der Waals surface area contributed by atoms with Crippen LogP contribution in [0.3, 0.4) is 0 Å². The summed E-state index contributed by atoms with van der Waals surface area (Å²) in [6, 6.07) is 7.33. The van der Waals surface area contributed by atoms with Gasteiger partial charge in [0.1, 0.15) is 4.83 Å². The van der Waals surface area contributed by atoms with Gasteiger partial charge in [-0.1, -0.05) is 19.1 Å². The number of aromatic amines is 1. The molecule has 4 rings (SSSR count). The van der Waals surface area contributed by atoms with Crippen molar-refractivity contribution in [2.75, 3.05) is 6.26 Å². The van der Waals surface area contributed by atoms with E-state index in [4.69, 9.17) is 4.74 Å². The van der Waals surface area contributed by atoms with E-state index in [2.05, 4.69) is 16.9 Å². The van der Waals surface area contributed by atoms with Gasteiger partial charge in [-0.05, 0) is 56.1 Å². The lowest BCUT2D eigenvalue weighted by Gasteiger charge is -2.17. The Labute approximate surface area is 171 Å². The summed E-state index contributed by atoms with van der Waals surface area (Å²) in [5.41, 5.74) is 1.53. The average Bonchev–Trinajstić information content (AvgIpc) is 3.05. The molecule has 1 N–H and O–H groups in total. The maximum absolute atomic E-state index is 12.7. The number of fused-ring (bicyclic) bond motifs is 3. The highest BCUT2D eigenvalue weighted by molar-refractivity contribution is 7.98. The second-order valence-electron chi connectivity index (χ2n) is 7.23. The fourth-order valence-electron chi connectivity index (χ4n) is 3.65. The summed E-state index contributed by atoms with van der Waals surface area (Å²) >= 11 is 3.09. The summed E-state index contributed by atoms with van der Waals surface area (Å²) in [5, 5.41) is 0.710. The van der Waals surface area contributed by atoms with Gasteiger partial charge < -0.3 is 9.72 Å². The van der Waals surface area contributed by atoms with Crippen molar-refractivity contribution in [2.45, 2.75) is 44.1 Å². The first-order valence-electron chi connectivity index (χ1n) is 9.36. The van der Waals surface area contributed by atoms with Crippen LogP contribution in [0.5, 0.6) is 0 Å². The molecule has 28 heavy (non-hydrogen) atoms. The van der Waals surface area contributed by atoms with Crippen LogP contribution < -0.4 is 5.56 Å². The van der Waals surface area contributed by atoms with Gasteiger partial charge in [-0.25, -0.2) is 9.78 Å². The molecular weight excluding hydrogens is 392 g/mol. The predicted octanol–water partition coefficient (Wildman–Crippen LogP) is 4.75. The molecule has 1 aliphatic rings. The van der Waals surface area contributed by atoms with Crippen LogP contribution in [0.25, 0.3) is 10.2 Å². The third-order valence-corrected chi connectivity index (χ3v) is 7.12. The molecule has 0 aliphatic heterocycles. The van der Waals surface area contributed by atoms with E-state index < -0.39 is 12.1 Å². The Morgan fingerprint density at radius 3 is 2.96 bits per heavy atom. The topological polar surface area (TPSA) is 72.0 Å². The number of esters is 1. The molecule has 3 aromatic rings. The SMILES string of the molecule is CSc1ccccc1C(=O)O[C@H](C)c1nc2sc3c(c2c(=O)[nH]1)CC[C@@H](C)C3. The van der Waals surface area contributed by atoms with Crippen LogP contribution in [-0.2, 0) is 17.6 Å². The van der Waals surface area contributed by atoms with E-state index in [0.717, 1.165) is 34.6 Å². The van der Waals surface area contributed by atoms with E-state index in [9.17, 15) is 9.59 Å². The number of nitrogens with zero attached hydrogens (tertiary/aromatic N) is 1. The highest BCUT2D eigenvalue weighted by Gasteiger charge is 2.25. The van der Waals surface area contributed by atoms with E-state index in [1.165, 1.54) is 16.6 Å². The smallest absolute Gasteiger partial charge is 0.339 e. The molecule has 7 heteroatoms. The lowest BCUT2D eigenvalue weighted by molar-refractivity contribution is 0.0316. The molecule has 0 radical (unpaired) electrons. The van der Waals surface area contributed by atoms with Crippen molar-refractivity contribution in [3.8, 4) is 0 Å². The molecule has 0 bridgehead atoms. The largest absolute Gasteiger partial charge is 0.451 e. The molecule has 0 fully saturated rings. The first-order valence-corrected chi connectivity index (χ1v) is 11.4. The van der Waals surface area contributed by atoms with E-state index >= 15 is 0 Å². The minimum Gasteiger partial charge on any atom is -0.451 e. The number of carbonyl (C=O) groups excluding carboxylic acids is 1. The van der Waals surface area contributed by atoms with Crippen molar-refractivity contribution in [2.24, 2.45) is 5.92 Å². The molecule has 2 atom stereocenters. The fourth-order valence-corrected chi connectivity index (χ4v) is 5.63. The van der Waals surface area contributed by atoms with E-state index in [0.29, 0.717) is 22.7 Å². The number of thioether (sulfide) groups is 1. The van der Waals surface area contributed by atoms with Crippen LogP contribution in [0.15, 0.2) is 34.0 Å². The molecule has 0 unspecified atom stereocenters. The predicted molar refractivity (Wildman–Crippen MR) is 113 cm³/mol. The molecule has 1 aromatic carbocycles. The van der Waals surface area contributed by atoms with Crippen LogP contribution in [0.4, 0.5) is 0 Å². The van der Waals surface area contributed by atoms with Gasteiger partial charge in [0.2, 0.25) is 0 Å². The molecule has 1 aliphatic carbocycles. The zero-order valence-electron chi connectivity index (χ0n) is 16.1. The van der Waals surface area contributed by atoms with E-state index in [-0.39, 0.29) is 5.56 Å². The standard InChI is InChI=1S/C21H22N2O3S2/c1-11-8-9-13-16(10-11)28-20-17(13)19(24)22-18(23-20)12(2)26-21(25)14-6-4-5-7-15(14)27-3/h4-7,11-12H,8-10H2,1-3H3,(H,22,23,24)/t11-,12-/m1/s1. The minimum atomic E-state index is -0.641. The molecule has 0 saturated heterocycles. The van der Waals surface area contributed by atoms with Gasteiger partial charge in [-0.15, -0.1) is 23.1 Å². The Hall–Kier alpha value is -2.12. The third kappa shape index (κ3) is 3.49. The van der Waals surface area contributed by atoms with Crippen LogP contribution in [0, 0.1) is 5.92 Å². The van der Waals surface area contributed by atoms with Gasteiger partial charge in [0.05, 0.1) is 10.9 Å². The molecule has 2 heterocycles. The molecule has 2 aromatic heterocycles. The number of ether oxygens (including phenoxy) is 1. The number of carbonyl (C=O) groups is 1. The van der Waals surface area contributed by atoms with Crippen LogP contribution >= 0.6 is 23.1 Å². The zero-order chi connectivity index (χ0) is 19.8. The Morgan fingerprint density at radius 1 is 1.39 bits per heavy atom. The number of rotatable bonds is 4. The zero-order valence-corrected chi connectivity index (χ0v) is 17.7.